The number of hydrogen-bond acceptors (Lipinski definition) is 4. The van der Waals surface area contributed by atoms with Gasteiger partial charge in [0.15, 0.2) is 9.84 Å². The van der Waals surface area contributed by atoms with Crippen LogP contribution in [0.3, 0.4) is 0 Å². The lowest BCUT2D eigenvalue weighted by Gasteiger charge is -2.31. The molecule has 0 bridgehead atoms. The predicted molar refractivity (Wildman–Crippen MR) is 114 cm³/mol. The molecule has 0 saturated heterocycles. The van der Waals surface area contributed by atoms with Gasteiger partial charge >= 0.3 is 6.18 Å². The summed E-state index contributed by atoms with van der Waals surface area (Å²) in [7, 11) is -2.95. The molecule has 0 amide bonds. The fraction of sp³-hybridized carbons (Fsp3) is 0.217. The van der Waals surface area contributed by atoms with Crippen molar-refractivity contribution in [2.45, 2.75) is 29.3 Å². The molecule has 8 heteroatoms. The summed E-state index contributed by atoms with van der Waals surface area (Å²) in [4.78, 5) is -0.169. The van der Waals surface area contributed by atoms with Crippen LogP contribution < -0.4 is 10.1 Å². The molecule has 0 aliphatic carbocycles. The highest BCUT2D eigenvalue weighted by Crippen LogP contribution is 2.40. The van der Waals surface area contributed by atoms with Gasteiger partial charge in [-0.05, 0) is 48.9 Å². The summed E-state index contributed by atoms with van der Waals surface area (Å²) in [6.45, 7) is 1.77. The number of rotatable bonds is 7. The van der Waals surface area contributed by atoms with Gasteiger partial charge in [0.05, 0.1) is 12.0 Å². The van der Waals surface area contributed by atoms with Gasteiger partial charge in [0.2, 0.25) is 0 Å². The number of sulfone groups is 1. The minimum absolute atomic E-state index is 0.0476. The van der Waals surface area contributed by atoms with Crippen molar-refractivity contribution in [3.63, 3.8) is 0 Å². The second kappa shape index (κ2) is 9.01. The lowest BCUT2D eigenvalue weighted by molar-refractivity contribution is -0.143. The van der Waals surface area contributed by atoms with Gasteiger partial charge < -0.3 is 10.1 Å². The Bertz CT molecular complexity index is 1100. The van der Waals surface area contributed by atoms with E-state index in [1.807, 2.05) is 0 Å². The van der Waals surface area contributed by atoms with Gasteiger partial charge in [0.25, 0.3) is 0 Å². The highest BCUT2D eigenvalue weighted by atomic mass is 32.2. The van der Waals surface area contributed by atoms with Crippen LogP contribution in [-0.2, 0) is 9.84 Å². The third-order valence-electron chi connectivity index (χ3n) is 4.88. The largest absolute Gasteiger partial charge is 0.497 e. The topological polar surface area (TPSA) is 55.4 Å². The predicted octanol–water partition coefficient (Wildman–Crippen LogP) is 5.56. The average molecular weight is 449 g/mol. The number of halogens is 3. The zero-order valence-corrected chi connectivity index (χ0v) is 17.7. The van der Waals surface area contributed by atoms with E-state index in [0.717, 1.165) is 5.56 Å². The smallest absolute Gasteiger partial charge is 0.410 e. The minimum Gasteiger partial charge on any atom is -0.497 e. The number of aryl methyl sites for hydroxylation is 1. The van der Waals surface area contributed by atoms with Gasteiger partial charge in [0.1, 0.15) is 17.0 Å². The van der Waals surface area contributed by atoms with E-state index in [2.05, 4.69) is 5.32 Å². The Balaban J connectivity index is 2.13. The maximum absolute atomic E-state index is 14.2. The monoisotopic (exact) mass is 449 g/mol. The molecule has 3 aromatic carbocycles. The second-order valence-corrected chi connectivity index (χ2v) is 9.15. The Morgan fingerprint density at radius 1 is 0.871 bits per heavy atom. The number of anilines is 1. The standard InChI is InChI=1S/C23H22F3NO3S/c1-16-8-14-20(15-9-16)31(28,29)21(17-6-4-3-5-7-17)22(23(24,25)26)27-18-10-12-19(30-2)13-11-18/h3-15,21-22,27H,1-2H3/t21-,22+/m0/s1. The molecule has 31 heavy (non-hydrogen) atoms. The molecule has 1 N–H and O–H groups in total. The molecular weight excluding hydrogens is 427 g/mol. The van der Waals surface area contributed by atoms with Crippen molar-refractivity contribution in [3.05, 3.63) is 90.0 Å². The quantitative estimate of drug-likeness (QED) is 0.513. The molecule has 0 heterocycles. The first-order valence-corrected chi connectivity index (χ1v) is 11.0. The molecule has 0 spiro atoms. The van der Waals surface area contributed by atoms with Crippen LogP contribution in [0, 0.1) is 6.92 Å². The van der Waals surface area contributed by atoms with Gasteiger partial charge in [-0.2, -0.15) is 13.2 Å². The van der Waals surface area contributed by atoms with Crippen molar-refractivity contribution in [2.24, 2.45) is 0 Å². The Morgan fingerprint density at radius 3 is 1.97 bits per heavy atom. The summed E-state index contributed by atoms with van der Waals surface area (Å²) in [6.07, 6.45) is -4.85. The fourth-order valence-corrected chi connectivity index (χ4v) is 5.17. The van der Waals surface area contributed by atoms with Crippen molar-refractivity contribution in [2.75, 3.05) is 12.4 Å². The molecule has 4 nitrogen and oxygen atoms in total. The highest BCUT2D eigenvalue weighted by molar-refractivity contribution is 7.91. The molecule has 2 atom stereocenters. The van der Waals surface area contributed by atoms with Crippen LogP contribution in [0.1, 0.15) is 16.4 Å². The van der Waals surface area contributed by atoms with Gasteiger partial charge in [-0.15, -0.1) is 0 Å². The van der Waals surface area contributed by atoms with Crippen LogP contribution in [-0.4, -0.2) is 27.7 Å². The Hall–Kier alpha value is -3.00. The van der Waals surface area contributed by atoms with Crippen molar-refractivity contribution in [1.29, 1.82) is 0 Å². The molecular formula is C23H22F3NO3S. The molecule has 3 rings (SSSR count). The van der Waals surface area contributed by atoms with Crippen molar-refractivity contribution >= 4 is 15.5 Å². The number of nitrogens with one attached hydrogen (secondary N) is 1. The zero-order valence-electron chi connectivity index (χ0n) is 16.9. The van der Waals surface area contributed by atoms with E-state index in [0.29, 0.717) is 5.75 Å². The average Bonchev–Trinajstić information content (AvgIpc) is 2.74. The van der Waals surface area contributed by atoms with Gasteiger partial charge in [0, 0.05) is 5.69 Å². The molecule has 164 valence electrons. The number of ether oxygens (including phenoxy) is 1. The summed E-state index contributed by atoms with van der Waals surface area (Å²) < 4.78 is 74.7. The SMILES string of the molecule is COc1ccc(N[C@H]([C@H](c2ccccc2)S(=O)(=O)c2ccc(C)cc2)C(F)(F)F)cc1. The first-order valence-electron chi connectivity index (χ1n) is 9.46. The van der Waals surface area contributed by atoms with Gasteiger partial charge in [-0.1, -0.05) is 48.0 Å². The summed E-state index contributed by atoms with van der Waals surface area (Å²) in [5, 5.41) is 0.506. The lowest BCUT2D eigenvalue weighted by Crippen LogP contribution is -2.44. The molecule has 0 aromatic heterocycles. The number of benzene rings is 3. The van der Waals surface area contributed by atoms with Crippen LogP contribution in [0.5, 0.6) is 5.75 Å². The van der Waals surface area contributed by atoms with Crippen LogP contribution in [0.15, 0.2) is 83.8 Å². The zero-order chi connectivity index (χ0) is 22.6. The second-order valence-electron chi connectivity index (χ2n) is 7.08. The molecule has 0 unspecified atom stereocenters. The van der Waals surface area contributed by atoms with Crippen molar-refractivity contribution in [1.82, 2.24) is 0 Å². The molecule has 0 saturated carbocycles. The Morgan fingerprint density at radius 2 is 1.45 bits per heavy atom. The third-order valence-corrected chi connectivity index (χ3v) is 7.02. The van der Waals surface area contributed by atoms with Crippen LogP contribution in [0.25, 0.3) is 0 Å². The summed E-state index contributed by atoms with van der Waals surface area (Å²) >= 11 is 0. The van der Waals surface area contributed by atoms with Crippen LogP contribution in [0.2, 0.25) is 0 Å². The maximum Gasteiger partial charge on any atom is 0.410 e. The first kappa shape index (κ1) is 22.7. The minimum atomic E-state index is -4.85. The van der Waals surface area contributed by atoms with Crippen LogP contribution >= 0.6 is 0 Å². The highest BCUT2D eigenvalue weighted by Gasteiger charge is 2.51. The number of hydrogen-bond donors (Lipinski definition) is 1. The van der Waals surface area contributed by atoms with E-state index < -0.39 is 27.3 Å². The van der Waals surface area contributed by atoms with Gasteiger partial charge in [-0.25, -0.2) is 8.42 Å². The summed E-state index contributed by atoms with van der Waals surface area (Å²) in [6, 6.07) is 16.7. The normalized spacial score (nSPS) is 14.0. The number of alkyl halides is 3. The van der Waals surface area contributed by atoms with E-state index in [4.69, 9.17) is 4.74 Å². The van der Waals surface area contributed by atoms with E-state index >= 15 is 0 Å². The van der Waals surface area contributed by atoms with E-state index in [1.54, 1.807) is 25.1 Å². The molecule has 3 aromatic rings. The summed E-state index contributed by atoms with van der Waals surface area (Å²) in [5.41, 5.74) is 0.980. The van der Waals surface area contributed by atoms with E-state index in [1.165, 1.54) is 67.8 Å². The lowest BCUT2D eigenvalue weighted by atomic mass is 10.0. The van der Waals surface area contributed by atoms with Crippen LogP contribution in [0.4, 0.5) is 18.9 Å². The Kier molecular flexibility index (Phi) is 6.59. The summed E-state index contributed by atoms with van der Waals surface area (Å²) in [5.74, 6) is 0.473. The van der Waals surface area contributed by atoms with Gasteiger partial charge in [-0.3, -0.25) is 0 Å². The van der Waals surface area contributed by atoms with E-state index in [9.17, 15) is 21.6 Å². The Labute approximate surface area is 179 Å². The molecule has 0 aliphatic rings. The third kappa shape index (κ3) is 5.19. The van der Waals surface area contributed by atoms with E-state index in [-0.39, 0.29) is 16.1 Å². The van der Waals surface area contributed by atoms with Crippen molar-refractivity contribution in [3.8, 4) is 5.75 Å². The fourth-order valence-electron chi connectivity index (χ4n) is 3.26. The molecule has 0 radical (unpaired) electrons. The van der Waals surface area contributed by atoms with Crippen molar-refractivity contribution < 1.29 is 26.3 Å². The molecule has 0 aliphatic heterocycles. The first-order chi connectivity index (χ1) is 14.6. The number of methoxy groups -OCH3 is 1. The maximum atomic E-state index is 14.2. The molecule has 0 fully saturated rings.